The molecule has 2 N–H and O–H groups in total. The van der Waals surface area contributed by atoms with Crippen LogP contribution in [0.3, 0.4) is 0 Å². The third-order valence-corrected chi connectivity index (χ3v) is 3.68. The smallest absolute Gasteiger partial charge is 0.312 e. The number of piperidine rings is 1. The van der Waals surface area contributed by atoms with E-state index in [9.17, 15) is 4.79 Å². The number of ether oxygens (including phenoxy) is 1. The molecular formula is C12H22N2O2S. The largest absolute Gasteiger partial charge is 0.469 e. The molecule has 0 amide bonds. The Labute approximate surface area is 108 Å². The predicted molar refractivity (Wildman–Crippen MR) is 71.7 cm³/mol. The topological polar surface area (TPSA) is 55.6 Å². The van der Waals surface area contributed by atoms with E-state index in [-0.39, 0.29) is 5.97 Å². The van der Waals surface area contributed by atoms with Gasteiger partial charge in [-0.1, -0.05) is 12.2 Å². The summed E-state index contributed by atoms with van der Waals surface area (Å²) in [4.78, 5) is 14.5. The van der Waals surface area contributed by atoms with Crippen LogP contribution >= 0.6 is 12.2 Å². The highest BCUT2D eigenvalue weighted by Gasteiger charge is 2.32. The van der Waals surface area contributed by atoms with Crippen molar-refractivity contribution in [3.8, 4) is 0 Å². The van der Waals surface area contributed by atoms with Crippen molar-refractivity contribution >= 4 is 23.2 Å². The number of likely N-dealkylation sites (tertiary alicyclic amines) is 1. The summed E-state index contributed by atoms with van der Waals surface area (Å²) in [5.41, 5.74) is 5.19. The second kappa shape index (κ2) is 5.78. The van der Waals surface area contributed by atoms with Crippen molar-refractivity contribution in [3.05, 3.63) is 0 Å². The van der Waals surface area contributed by atoms with Gasteiger partial charge in [0.1, 0.15) is 0 Å². The van der Waals surface area contributed by atoms with Crippen molar-refractivity contribution in [2.75, 3.05) is 26.7 Å². The molecule has 0 aromatic heterocycles. The average molecular weight is 258 g/mol. The Bertz CT molecular complexity index is 297. The summed E-state index contributed by atoms with van der Waals surface area (Å²) in [6, 6.07) is 0. The van der Waals surface area contributed by atoms with E-state index in [1.165, 1.54) is 7.11 Å². The van der Waals surface area contributed by atoms with Crippen LogP contribution < -0.4 is 5.73 Å². The van der Waals surface area contributed by atoms with Crippen LogP contribution in [0.5, 0.6) is 0 Å². The Morgan fingerprint density at radius 3 is 2.41 bits per heavy atom. The summed E-state index contributed by atoms with van der Waals surface area (Å²) in [6.45, 7) is 6.45. The van der Waals surface area contributed by atoms with E-state index in [2.05, 4.69) is 4.90 Å². The van der Waals surface area contributed by atoms with Gasteiger partial charge in [0.15, 0.2) is 0 Å². The number of carbonyl (C=O) groups excluding carboxylic acids is 1. The highest BCUT2D eigenvalue weighted by atomic mass is 32.1. The zero-order valence-electron chi connectivity index (χ0n) is 10.9. The zero-order valence-corrected chi connectivity index (χ0v) is 11.7. The number of thiocarbonyl (C=S) groups is 1. The van der Waals surface area contributed by atoms with Crippen LogP contribution in [0, 0.1) is 11.3 Å². The lowest BCUT2D eigenvalue weighted by molar-refractivity contribution is -0.152. The minimum Gasteiger partial charge on any atom is -0.469 e. The third kappa shape index (κ3) is 3.92. The first-order chi connectivity index (χ1) is 7.86. The standard InChI is InChI=1S/C12H22N2O2S/c1-12(2,11(15)16-3)8-14-6-4-9(5-7-14)10(13)17/h9H,4-8H2,1-3H3,(H2,13,17). The Morgan fingerprint density at radius 2 is 2.00 bits per heavy atom. The van der Waals surface area contributed by atoms with E-state index in [1.807, 2.05) is 13.8 Å². The molecule has 0 spiro atoms. The first-order valence-electron chi connectivity index (χ1n) is 5.97. The molecule has 5 heteroatoms. The summed E-state index contributed by atoms with van der Waals surface area (Å²) in [5.74, 6) is 0.205. The first kappa shape index (κ1) is 14.4. The number of hydrogen-bond acceptors (Lipinski definition) is 4. The molecule has 17 heavy (non-hydrogen) atoms. The minimum absolute atomic E-state index is 0.158. The maximum Gasteiger partial charge on any atom is 0.312 e. The highest BCUT2D eigenvalue weighted by molar-refractivity contribution is 7.80. The summed E-state index contributed by atoms with van der Waals surface area (Å²) >= 11 is 5.01. The molecular weight excluding hydrogens is 236 g/mol. The van der Waals surface area contributed by atoms with E-state index >= 15 is 0 Å². The molecule has 1 heterocycles. The Balaban J connectivity index is 2.45. The molecule has 0 atom stereocenters. The van der Waals surface area contributed by atoms with Crippen LogP contribution in [0.1, 0.15) is 26.7 Å². The highest BCUT2D eigenvalue weighted by Crippen LogP contribution is 2.23. The fraction of sp³-hybridized carbons (Fsp3) is 0.833. The van der Waals surface area contributed by atoms with Gasteiger partial charge in [-0.05, 0) is 39.8 Å². The van der Waals surface area contributed by atoms with Gasteiger partial charge in [0.2, 0.25) is 0 Å². The molecule has 1 aliphatic rings. The van der Waals surface area contributed by atoms with E-state index < -0.39 is 5.41 Å². The summed E-state index contributed by atoms with van der Waals surface area (Å²) in [5, 5.41) is 0. The van der Waals surface area contributed by atoms with Crippen LogP contribution in [0.2, 0.25) is 0 Å². The number of nitrogens with two attached hydrogens (primary N) is 1. The number of esters is 1. The van der Waals surface area contributed by atoms with Crippen molar-refractivity contribution in [2.45, 2.75) is 26.7 Å². The normalized spacial score (nSPS) is 19.0. The fourth-order valence-electron chi connectivity index (χ4n) is 2.28. The van der Waals surface area contributed by atoms with Crippen molar-refractivity contribution in [1.82, 2.24) is 4.90 Å². The lowest BCUT2D eigenvalue weighted by Crippen LogP contribution is -2.45. The van der Waals surface area contributed by atoms with Crippen molar-refractivity contribution in [1.29, 1.82) is 0 Å². The fourth-order valence-corrected chi connectivity index (χ4v) is 2.51. The summed E-state index contributed by atoms with van der Waals surface area (Å²) in [6.07, 6.45) is 1.99. The average Bonchev–Trinajstić information content (AvgIpc) is 2.28. The van der Waals surface area contributed by atoms with Gasteiger partial charge in [0, 0.05) is 12.5 Å². The minimum atomic E-state index is -0.454. The van der Waals surface area contributed by atoms with Crippen LogP contribution in [0.15, 0.2) is 0 Å². The van der Waals surface area contributed by atoms with Gasteiger partial charge < -0.3 is 15.4 Å². The van der Waals surface area contributed by atoms with Gasteiger partial charge in [-0.3, -0.25) is 4.79 Å². The van der Waals surface area contributed by atoms with Gasteiger partial charge in [0.25, 0.3) is 0 Å². The predicted octanol–water partition coefficient (Wildman–Crippen LogP) is 1.18. The molecule has 1 aliphatic heterocycles. The molecule has 0 aliphatic carbocycles. The van der Waals surface area contributed by atoms with E-state index in [4.69, 9.17) is 22.7 Å². The van der Waals surface area contributed by atoms with E-state index in [0.717, 1.165) is 32.5 Å². The molecule has 1 rings (SSSR count). The third-order valence-electron chi connectivity index (χ3n) is 3.35. The van der Waals surface area contributed by atoms with E-state index in [0.29, 0.717) is 10.9 Å². The number of methoxy groups -OCH3 is 1. The molecule has 0 aromatic carbocycles. The summed E-state index contributed by atoms with van der Waals surface area (Å²) in [7, 11) is 1.43. The summed E-state index contributed by atoms with van der Waals surface area (Å²) < 4.78 is 4.81. The van der Waals surface area contributed by atoms with Gasteiger partial charge in [-0.15, -0.1) is 0 Å². The number of hydrogen-bond donors (Lipinski definition) is 1. The molecule has 1 fully saturated rings. The van der Waals surface area contributed by atoms with Gasteiger partial charge in [-0.2, -0.15) is 0 Å². The lowest BCUT2D eigenvalue weighted by atomic mass is 9.90. The lowest BCUT2D eigenvalue weighted by Gasteiger charge is -2.35. The van der Waals surface area contributed by atoms with Gasteiger partial charge in [-0.25, -0.2) is 0 Å². The maximum atomic E-state index is 11.6. The van der Waals surface area contributed by atoms with Crippen LogP contribution in [0.4, 0.5) is 0 Å². The molecule has 4 nitrogen and oxygen atoms in total. The first-order valence-corrected chi connectivity index (χ1v) is 6.37. The number of nitrogens with zero attached hydrogens (tertiary/aromatic N) is 1. The Kier molecular flexibility index (Phi) is 4.89. The molecule has 98 valence electrons. The Hall–Kier alpha value is -0.680. The van der Waals surface area contributed by atoms with Crippen molar-refractivity contribution in [2.24, 2.45) is 17.1 Å². The molecule has 0 bridgehead atoms. The van der Waals surface area contributed by atoms with Crippen molar-refractivity contribution < 1.29 is 9.53 Å². The SMILES string of the molecule is COC(=O)C(C)(C)CN1CCC(C(N)=S)CC1. The van der Waals surface area contributed by atoms with Crippen LogP contribution in [-0.4, -0.2) is 42.6 Å². The molecule has 0 saturated carbocycles. The zero-order chi connectivity index (χ0) is 13.1. The number of carbonyl (C=O) groups is 1. The molecule has 0 radical (unpaired) electrons. The second-order valence-corrected chi connectivity index (χ2v) is 5.80. The van der Waals surface area contributed by atoms with Gasteiger partial charge in [0.05, 0.1) is 17.5 Å². The van der Waals surface area contributed by atoms with E-state index in [1.54, 1.807) is 0 Å². The molecule has 1 saturated heterocycles. The van der Waals surface area contributed by atoms with Crippen LogP contribution in [0.25, 0.3) is 0 Å². The molecule has 0 unspecified atom stereocenters. The van der Waals surface area contributed by atoms with Gasteiger partial charge >= 0.3 is 5.97 Å². The monoisotopic (exact) mass is 258 g/mol. The van der Waals surface area contributed by atoms with Crippen molar-refractivity contribution in [3.63, 3.8) is 0 Å². The maximum absolute atomic E-state index is 11.6. The Morgan fingerprint density at radius 1 is 1.47 bits per heavy atom. The number of rotatable bonds is 4. The quantitative estimate of drug-likeness (QED) is 0.606. The second-order valence-electron chi connectivity index (χ2n) is 5.33. The molecule has 0 aromatic rings. The van der Waals surface area contributed by atoms with Crippen LogP contribution in [-0.2, 0) is 9.53 Å².